The average molecular weight is 408 g/mol. The maximum Gasteiger partial charge on any atom is 0.336 e. The highest BCUT2D eigenvalue weighted by atomic mass is 16.5. The van der Waals surface area contributed by atoms with E-state index in [9.17, 15) is 9.90 Å². The number of pyridine rings is 1. The number of fused-ring (bicyclic) bond motifs is 1. The van der Waals surface area contributed by atoms with Gasteiger partial charge in [-0.25, -0.2) is 4.79 Å². The van der Waals surface area contributed by atoms with Crippen molar-refractivity contribution < 1.29 is 14.6 Å². The van der Waals surface area contributed by atoms with Gasteiger partial charge in [-0.3, -0.25) is 4.90 Å². The first-order valence-electron chi connectivity index (χ1n) is 10.4. The fourth-order valence-electron chi connectivity index (χ4n) is 4.44. The second-order valence-electron chi connectivity index (χ2n) is 8.13. The van der Waals surface area contributed by atoms with Crippen molar-refractivity contribution in [3.05, 3.63) is 59.4 Å². The van der Waals surface area contributed by atoms with E-state index in [-0.39, 0.29) is 6.04 Å². The van der Waals surface area contributed by atoms with E-state index < -0.39 is 5.97 Å². The molecule has 0 aliphatic carbocycles. The van der Waals surface area contributed by atoms with Crippen LogP contribution in [-0.2, 0) is 4.74 Å². The predicted molar refractivity (Wildman–Crippen MR) is 120 cm³/mol. The number of carboxylic acid groups (broad SMARTS) is 1. The molecular formula is C24H29N3O3. The summed E-state index contributed by atoms with van der Waals surface area (Å²) in [6, 6.07) is 12.3. The molecule has 4 rings (SSSR count). The lowest BCUT2D eigenvalue weighted by Gasteiger charge is -2.34. The molecule has 6 nitrogen and oxygen atoms in total. The molecule has 1 unspecified atom stereocenters. The Morgan fingerprint density at radius 3 is 2.57 bits per heavy atom. The third kappa shape index (κ3) is 3.57. The van der Waals surface area contributed by atoms with Gasteiger partial charge in [0.1, 0.15) is 0 Å². The molecule has 1 saturated heterocycles. The number of carboxylic acids is 1. The summed E-state index contributed by atoms with van der Waals surface area (Å²) in [7, 11) is 4.04. The zero-order chi connectivity index (χ0) is 21.4. The van der Waals surface area contributed by atoms with Gasteiger partial charge in [-0.05, 0) is 49.2 Å². The first-order chi connectivity index (χ1) is 14.4. The van der Waals surface area contributed by atoms with Crippen molar-refractivity contribution in [2.75, 3.05) is 45.3 Å². The molecule has 1 aliphatic heterocycles. The van der Waals surface area contributed by atoms with Crippen molar-refractivity contribution >= 4 is 17.2 Å². The molecule has 0 radical (unpaired) electrons. The molecule has 1 aromatic carbocycles. The predicted octanol–water partition coefficient (Wildman–Crippen LogP) is 4.07. The van der Waals surface area contributed by atoms with Gasteiger partial charge >= 0.3 is 5.97 Å². The summed E-state index contributed by atoms with van der Waals surface area (Å²) in [6.45, 7) is 7.18. The van der Waals surface area contributed by atoms with E-state index in [4.69, 9.17) is 4.74 Å². The molecule has 158 valence electrons. The number of anilines is 1. The summed E-state index contributed by atoms with van der Waals surface area (Å²) in [5, 5.41) is 9.91. The van der Waals surface area contributed by atoms with E-state index >= 15 is 0 Å². The third-order valence-electron chi connectivity index (χ3n) is 6.15. The first-order valence-corrected chi connectivity index (χ1v) is 10.4. The van der Waals surface area contributed by atoms with E-state index in [0.717, 1.165) is 46.7 Å². The van der Waals surface area contributed by atoms with Crippen LogP contribution >= 0.6 is 0 Å². The fourth-order valence-corrected chi connectivity index (χ4v) is 4.44. The Kier molecular flexibility index (Phi) is 5.54. The van der Waals surface area contributed by atoms with Crippen LogP contribution in [0.15, 0.2) is 42.6 Å². The Balaban J connectivity index is 1.91. The Labute approximate surface area is 177 Å². The van der Waals surface area contributed by atoms with Gasteiger partial charge in [-0.15, -0.1) is 0 Å². The van der Waals surface area contributed by atoms with Crippen molar-refractivity contribution in [3.63, 3.8) is 0 Å². The standard InChI is InChI=1S/C24H29N3O3/c1-16-21(24(28)29)15-22-20(18-6-5-7-19(14-18)25(3)4)8-9-27(22)23(16)17(2)26-10-12-30-13-11-26/h5-9,14-15,17H,10-13H2,1-4H3,(H,28,29). The number of morpholine rings is 1. The number of rotatable bonds is 5. The number of ether oxygens (including phenoxy) is 1. The highest BCUT2D eigenvalue weighted by Crippen LogP contribution is 2.34. The number of hydrogen-bond acceptors (Lipinski definition) is 4. The van der Waals surface area contributed by atoms with Crippen LogP contribution in [-0.4, -0.2) is 60.8 Å². The number of carbonyl (C=O) groups is 1. The van der Waals surface area contributed by atoms with E-state index in [1.165, 1.54) is 0 Å². The normalized spacial score (nSPS) is 16.0. The van der Waals surface area contributed by atoms with Gasteiger partial charge in [0.25, 0.3) is 0 Å². The topological polar surface area (TPSA) is 57.4 Å². The fraction of sp³-hybridized carbons (Fsp3) is 0.375. The van der Waals surface area contributed by atoms with Crippen LogP contribution < -0.4 is 4.90 Å². The van der Waals surface area contributed by atoms with Crippen molar-refractivity contribution in [1.82, 2.24) is 9.30 Å². The smallest absolute Gasteiger partial charge is 0.336 e. The Morgan fingerprint density at radius 2 is 1.90 bits per heavy atom. The molecule has 1 N–H and O–H groups in total. The molecule has 30 heavy (non-hydrogen) atoms. The summed E-state index contributed by atoms with van der Waals surface area (Å²) >= 11 is 0. The Morgan fingerprint density at radius 1 is 1.17 bits per heavy atom. The zero-order valence-corrected chi connectivity index (χ0v) is 18.1. The molecule has 3 aromatic rings. The quantitative estimate of drug-likeness (QED) is 0.691. The van der Waals surface area contributed by atoms with Crippen molar-refractivity contribution in [3.8, 4) is 11.1 Å². The van der Waals surface area contributed by atoms with Crippen molar-refractivity contribution in [2.24, 2.45) is 0 Å². The third-order valence-corrected chi connectivity index (χ3v) is 6.15. The van der Waals surface area contributed by atoms with Gasteiger partial charge < -0.3 is 19.1 Å². The van der Waals surface area contributed by atoms with Gasteiger partial charge in [0.05, 0.1) is 24.3 Å². The van der Waals surface area contributed by atoms with Crippen LogP contribution in [0.5, 0.6) is 0 Å². The highest BCUT2D eigenvalue weighted by Gasteiger charge is 2.26. The zero-order valence-electron chi connectivity index (χ0n) is 18.1. The molecule has 2 aromatic heterocycles. The first kappa shape index (κ1) is 20.4. The monoisotopic (exact) mass is 407 g/mol. The average Bonchev–Trinajstić information content (AvgIpc) is 3.17. The minimum atomic E-state index is -0.889. The molecule has 0 saturated carbocycles. The SMILES string of the molecule is Cc1c(C(=O)O)cc2c(-c3cccc(N(C)C)c3)ccn2c1C(C)N1CCOCC1. The number of aromatic nitrogens is 1. The lowest BCUT2D eigenvalue weighted by atomic mass is 9.99. The Hall–Kier alpha value is -2.83. The molecule has 3 heterocycles. The Bertz CT molecular complexity index is 1080. The number of hydrogen-bond donors (Lipinski definition) is 1. The molecule has 1 fully saturated rings. The summed E-state index contributed by atoms with van der Waals surface area (Å²) < 4.78 is 7.68. The van der Waals surface area contributed by atoms with Crippen molar-refractivity contribution in [1.29, 1.82) is 0 Å². The van der Waals surface area contributed by atoms with E-state index in [1.54, 1.807) is 0 Å². The van der Waals surface area contributed by atoms with E-state index in [1.807, 2.05) is 33.2 Å². The number of nitrogens with zero attached hydrogens (tertiary/aromatic N) is 3. The van der Waals surface area contributed by atoms with Crippen molar-refractivity contribution in [2.45, 2.75) is 19.9 Å². The van der Waals surface area contributed by atoms with Gasteiger partial charge in [-0.1, -0.05) is 12.1 Å². The van der Waals surface area contributed by atoms with Crippen LogP contribution in [0, 0.1) is 6.92 Å². The number of benzene rings is 1. The van der Waals surface area contributed by atoms with E-state index in [2.05, 4.69) is 51.6 Å². The molecule has 0 amide bonds. The van der Waals surface area contributed by atoms with Gasteiger partial charge in [0.15, 0.2) is 0 Å². The molecule has 6 heteroatoms. The van der Waals surface area contributed by atoms with Crippen LogP contribution in [0.2, 0.25) is 0 Å². The lowest BCUT2D eigenvalue weighted by Crippen LogP contribution is -2.39. The van der Waals surface area contributed by atoms with Crippen LogP contribution in [0.3, 0.4) is 0 Å². The lowest BCUT2D eigenvalue weighted by molar-refractivity contribution is 0.0187. The highest BCUT2D eigenvalue weighted by molar-refractivity contribution is 5.94. The van der Waals surface area contributed by atoms with Crippen LogP contribution in [0.4, 0.5) is 5.69 Å². The minimum absolute atomic E-state index is 0.0871. The van der Waals surface area contributed by atoms with Gasteiger partial charge in [0.2, 0.25) is 0 Å². The summed E-state index contributed by atoms with van der Waals surface area (Å²) in [6.07, 6.45) is 2.07. The number of aromatic carboxylic acids is 1. The second kappa shape index (κ2) is 8.13. The van der Waals surface area contributed by atoms with Gasteiger partial charge in [-0.2, -0.15) is 0 Å². The second-order valence-corrected chi connectivity index (χ2v) is 8.13. The molecule has 0 bridgehead atoms. The van der Waals surface area contributed by atoms with Gasteiger partial charge in [0, 0.05) is 56.4 Å². The van der Waals surface area contributed by atoms with Crippen LogP contribution in [0.1, 0.15) is 34.6 Å². The van der Waals surface area contributed by atoms with E-state index in [0.29, 0.717) is 18.8 Å². The van der Waals surface area contributed by atoms with Crippen LogP contribution in [0.25, 0.3) is 16.6 Å². The maximum absolute atomic E-state index is 12.1. The molecule has 1 atom stereocenters. The molecule has 1 aliphatic rings. The summed E-state index contributed by atoms with van der Waals surface area (Å²) in [5.74, 6) is -0.889. The summed E-state index contributed by atoms with van der Waals surface area (Å²) in [5.41, 5.74) is 6.36. The largest absolute Gasteiger partial charge is 0.478 e. The molecular weight excluding hydrogens is 378 g/mol. The minimum Gasteiger partial charge on any atom is -0.478 e. The summed E-state index contributed by atoms with van der Waals surface area (Å²) in [4.78, 5) is 16.5. The maximum atomic E-state index is 12.1. The molecule has 0 spiro atoms.